The summed E-state index contributed by atoms with van der Waals surface area (Å²) in [6.07, 6.45) is 4.62. The van der Waals surface area contributed by atoms with Gasteiger partial charge < -0.3 is 4.74 Å². The Bertz CT molecular complexity index is 2040. The summed E-state index contributed by atoms with van der Waals surface area (Å²) in [5.41, 5.74) is 9.23. The van der Waals surface area contributed by atoms with Crippen molar-refractivity contribution in [3.8, 4) is 16.9 Å². The number of fused-ring (bicyclic) bond motifs is 8. The molecular weight excluding hydrogens is 541 g/mol. The molecule has 1 unspecified atom stereocenters. The Morgan fingerprint density at radius 1 is 0.628 bits per heavy atom. The van der Waals surface area contributed by atoms with Gasteiger partial charge in [0.1, 0.15) is 5.75 Å². The molecule has 1 heterocycles. The predicted molar refractivity (Wildman–Crippen MR) is 180 cm³/mol. The van der Waals surface area contributed by atoms with Crippen molar-refractivity contribution >= 4 is 28.6 Å². The molecule has 6 aromatic rings. The molecule has 0 saturated heterocycles. The van der Waals surface area contributed by atoms with Gasteiger partial charge in [-0.1, -0.05) is 140 Å². The summed E-state index contributed by atoms with van der Waals surface area (Å²) in [4.78, 5) is 2.44. The summed E-state index contributed by atoms with van der Waals surface area (Å²) < 4.78 is 7.41. The first-order valence-electron chi connectivity index (χ1n) is 14.9. The Labute approximate surface area is 257 Å². The lowest BCUT2D eigenvalue weighted by Crippen LogP contribution is -2.35. The highest BCUT2D eigenvalue weighted by atomic mass is 32.2. The van der Waals surface area contributed by atoms with Crippen LogP contribution in [0.15, 0.2) is 143 Å². The Morgan fingerprint density at radius 3 is 2.00 bits per heavy atom. The highest BCUT2D eigenvalue weighted by Gasteiger charge is 2.44. The molecule has 0 saturated carbocycles. The summed E-state index contributed by atoms with van der Waals surface area (Å²) in [5, 5.41) is 2.40. The molecule has 0 spiro atoms. The lowest BCUT2D eigenvalue weighted by molar-refractivity contribution is 0.163. The highest BCUT2D eigenvalue weighted by molar-refractivity contribution is 7.99. The first-order valence-corrected chi connectivity index (χ1v) is 15.8. The van der Waals surface area contributed by atoms with Gasteiger partial charge in [-0.05, 0) is 64.9 Å². The third-order valence-corrected chi connectivity index (χ3v) is 10.2. The van der Waals surface area contributed by atoms with Gasteiger partial charge >= 0.3 is 0 Å². The normalized spacial score (nSPS) is 17.7. The number of ether oxygens (including phenoxy) is 1. The van der Waals surface area contributed by atoms with Gasteiger partial charge in [0.05, 0.1) is 0 Å². The van der Waals surface area contributed by atoms with Gasteiger partial charge in [0, 0.05) is 37.3 Å². The lowest BCUT2D eigenvalue weighted by Gasteiger charge is -2.38. The summed E-state index contributed by atoms with van der Waals surface area (Å²) in [7, 11) is 0. The SMILES string of the molecule is Cc1ccc2c(c1)C(C)(C)c1c3c(c4ccccc4c1-2)OC(c1ccccc1)(c1ccc(Sc2ccccc2)cc1)C=C3. The van der Waals surface area contributed by atoms with Gasteiger partial charge in [-0.25, -0.2) is 0 Å². The zero-order valence-electron chi connectivity index (χ0n) is 24.6. The zero-order valence-corrected chi connectivity index (χ0v) is 25.4. The predicted octanol–water partition coefficient (Wildman–Crippen LogP) is 11.0. The van der Waals surface area contributed by atoms with Gasteiger partial charge in [0.15, 0.2) is 5.60 Å². The molecule has 0 bridgehead atoms. The minimum atomic E-state index is -0.757. The van der Waals surface area contributed by atoms with Crippen LogP contribution in [0.4, 0.5) is 0 Å². The van der Waals surface area contributed by atoms with Gasteiger partial charge in [-0.15, -0.1) is 0 Å². The molecule has 208 valence electrons. The first-order chi connectivity index (χ1) is 21.0. The summed E-state index contributed by atoms with van der Waals surface area (Å²) in [5.74, 6) is 0.959. The smallest absolute Gasteiger partial charge is 0.178 e. The lowest BCUT2D eigenvalue weighted by atomic mass is 9.76. The second kappa shape index (κ2) is 9.76. The minimum Gasteiger partial charge on any atom is -0.472 e. The number of hydrogen-bond donors (Lipinski definition) is 0. The van der Waals surface area contributed by atoms with Crippen molar-refractivity contribution in [2.24, 2.45) is 0 Å². The van der Waals surface area contributed by atoms with Crippen molar-refractivity contribution in [3.05, 3.63) is 167 Å². The second-order valence-electron chi connectivity index (χ2n) is 12.2. The largest absolute Gasteiger partial charge is 0.472 e. The van der Waals surface area contributed by atoms with Crippen LogP contribution in [-0.2, 0) is 11.0 Å². The van der Waals surface area contributed by atoms with Crippen molar-refractivity contribution in [2.75, 3.05) is 0 Å². The molecular formula is C41H32OS. The van der Waals surface area contributed by atoms with Gasteiger partial charge in [-0.2, -0.15) is 0 Å². The molecule has 1 nitrogen and oxygen atoms in total. The van der Waals surface area contributed by atoms with E-state index >= 15 is 0 Å². The number of benzene rings is 6. The molecule has 0 radical (unpaired) electrons. The molecule has 1 aliphatic heterocycles. The monoisotopic (exact) mass is 572 g/mol. The molecule has 0 aromatic heterocycles. The molecule has 1 aliphatic carbocycles. The average molecular weight is 573 g/mol. The fourth-order valence-electron chi connectivity index (χ4n) is 7.11. The van der Waals surface area contributed by atoms with E-state index in [1.54, 1.807) is 11.8 Å². The minimum absolute atomic E-state index is 0.151. The van der Waals surface area contributed by atoms with Crippen LogP contribution in [0.5, 0.6) is 5.75 Å². The van der Waals surface area contributed by atoms with Gasteiger partial charge in [0.25, 0.3) is 0 Å². The maximum absolute atomic E-state index is 7.41. The van der Waals surface area contributed by atoms with Gasteiger partial charge in [-0.3, -0.25) is 0 Å². The van der Waals surface area contributed by atoms with Crippen LogP contribution in [0.2, 0.25) is 0 Å². The van der Waals surface area contributed by atoms with Crippen molar-refractivity contribution in [1.29, 1.82) is 0 Å². The van der Waals surface area contributed by atoms with Crippen molar-refractivity contribution in [3.63, 3.8) is 0 Å². The Balaban J connectivity index is 1.33. The van der Waals surface area contributed by atoms with Crippen molar-refractivity contribution in [1.82, 2.24) is 0 Å². The van der Waals surface area contributed by atoms with Crippen LogP contribution in [0.25, 0.3) is 28.0 Å². The molecule has 2 heteroatoms. The Hall–Kier alpha value is -4.53. The third-order valence-electron chi connectivity index (χ3n) is 9.16. The van der Waals surface area contributed by atoms with E-state index in [9.17, 15) is 0 Å². The molecule has 1 atom stereocenters. The van der Waals surface area contributed by atoms with E-state index in [1.807, 2.05) is 0 Å². The fourth-order valence-corrected chi connectivity index (χ4v) is 7.94. The van der Waals surface area contributed by atoms with Crippen LogP contribution in [0.3, 0.4) is 0 Å². The standard InChI is InChI=1S/C41H32OS/c1-27-18-23-34-36(26-27)40(2,3)38-35-24-25-41(28-12-6-4-7-13-28,42-39(35)33-17-11-10-16-32(33)37(34)38)29-19-21-31(22-20-29)43-30-14-8-5-9-15-30/h4-26H,1-3H3. The quantitative estimate of drug-likeness (QED) is 0.208. The maximum atomic E-state index is 7.41. The third kappa shape index (κ3) is 4.01. The van der Waals surface area contributed by atoms with Crippen LogP contribution in [-0.4, -0.2) is 0 Å². The molecule has 6 aromatic carbocycles. The number of rotatable bonds is 4. The number of hydrogen-bond acceptors (Lipinski definition) is 2. The zero-order chi connectivity index (χ0) is 29.2. The van der Waals surface area contributed by atoms with Crippen LogP contribution < -0.4 is 4.74 Å². The van der Waals surface area contributed by atoms with Crippen molar-refractivity contribution < 1.29 is 4.74 Å². The molecule has 0 N–H and O–H groups in total. The topological polar surface area (TPSA) is 9.23 Å². The van der Waals surface area contributed by atoms with E-state index < -0.39 is 5.60 Å². The van der Waals surface area contributed by atoms with E-state index in [0.717, 1.165) is 22.3 Å². The molecule has 0 amide bonds. The van der Waals surface area contributed by atoms with Gasteiger partial charge in [0.2, 0.25) is 0 Å². The van der Waals surface area contributed by atoms with E-state index in [-0.39, 0.29) is 5.41 Å². The average Bonchev–Trinajstić information content (AvgIpc) is 3.28. The Kier molecular flexibility index (Phi) is 5.93. The first kappa shape index (κ1) is 26.1. The Morgan fingerprint density at radius 2 is 1.26 bits per heavy atom. The fraction of sp³-hybridized carbons (Fsp3) is 0.122. The summed E-state index contributed by atoms with van der Waals surface area (Å²) >= 11 is 1.78. The molecule has 8 rings (SSSR count). The van der Waals surface area contributed by atoms with Crippen LogP contribution in [0.1, 0.15) is 47.2 Å². The summed E-state index contributed by atoms with van der Waals surface area (Å²) in [6.45, 7) is 6.91. The number of aryl methyl sites for hydroxylation is 1. The van der Waals surface area contributed by atoms with Crippen molar-refractivity contribution in [2.45, 2.75) is 41.6 Å². The van der Waals surface area contributed by atoms with E-state index in [4.69, 9.17) is 4.74 Å². The van der Waals surface area contributed by atoms with Crippen LogP contribution in [0, 0.1) is 6.92 Å². The highest BCUT2D eigenvalue weighted by Crippen LogP contribution is 2.58. The van der Waals surface area contributed by atoms with E-state index in [0.29, 0.717) is 0 Å². The van der Waals surface area contributed by atoms with E-state index in [2.05, 4.69) is 160 Å². The molecule has 43 heavy (non-hydrogen) atoms. The summed E-state index contributed by atoms with van der Waals surface area (Å²) in [6, 6.07) is 45.8. The van der Waals surface area contributed by atoms with Crippen LogP contribution >= 0.6 is 11.8 Å². The second-order valence-corrected chi connectivity index (χ2v) is 13.3. The maximum Gasteiger partial charge on any atom is 0.178 e. The molecule has 2 aliphatic rings. The van der Waals surface area contributed by atoms with E-state index in [1.165, 1.54) is 48.6 Å². The molecule has 0 fully saturated rings.